The first-order chi connectivity index (χ1) is 8.70. The normalized spacial score (nSPS) is 15.5. The molecule has 0 aliphatic heterocycles. The van der Waals surface area contributed by atoms with Gasteiger partial charge in [0.15, 0.2) is 0 Å². The van der Waals surface area contributed by atoms with Crippen LogP contribution in [0.2, 0.25) is 0 Å². The highest BCUT2D eigenvalue weighted by Gasteiger charge is 2.28. The van der Waals surface area contributed by atoms with E-state index in [2.05, 4.69) is 5.32 Å². The number of methoxy groups -OCH3 is 1. The van der Waals surface area contributed by atoms with Gasteiger partial charge in [-0.05, 0) is 36.5 Å². The zero-order valence-corrected chi connectivity index (χ0v) is 11.9. The molecule has 106 valence electrons. The average molecular weight is 285 g/mol. The molecular formula is C14H21ClN2O2. The van der Waals surface area contributed by atoms with Gasteiger partial charge < -0.3 is 15.8 Å². The van der Waals surface area contributed by atoms with Crippen molar-refractivity contribution in [1.82, 2.24) is 5.32 Å². The molecule has 1 amide bonds. The number of benzene rings is 1. The Morgan fingerprint density at radius 2 is 2.26 bits per heavy atom. The molecule has 19 heavy (non-hydrogen) atoms. The van der Waals surface area contributed by atoms with E-state index in [-0.39, 0.29) is 24.4 Å². The second-order valence-electron chi connectivity index (χ2n) is 4.84. The van der Waals surface area contributed by atoms with E-state index < -0.39 is 0 Å². The SMILES string of the molecule is COCc1cccc(C(=O)NCC(N)C2CC2)c1.Cl. The van der Waals surface area contributed by atoms with Crippen molar-refractivity contribution in [3.63, 3.8) is 0 Å². The van der Waals surface area contributed by atoms with E-state index in [4.69, 9.17) is 10.5 Å². The fourth-order valence-electron chi connectivity index (χ4n) is 1.97. The van der Waals surface area contributed by atoms with Crippen LogP contribution in [0, 0.1) is 5.92 Å². The number of hydrogen-bond acceptors (Lipinski definition) is 3. The van der Waals surface area contributed by atoms with Crippen molar-refractivity contribution in [2.45, 2.75) is 25.5 Å². The second kappa shape index (κ2) is 7.48. The maximum absolute atomic E-state index is 11.9. The van der Waals surface area contributed by atoms with E-state index >= 15 is 0 Å². The van der Waals surface area contributed by atoms with Crippen LogP contribution in [0.15, 0.2) is 24.3 Å². The van der Waals surface area contributed by atoms with Crippen LogP contribution in [0.5, 0.6) is 0 Å². The summed E-state index contributed by atoms with van der Waals surface area (Å²) in [6.45, 7) is 1.07. The summed E-state index contributed by atoms with van der Waals surface area (Å²) in [6, 6.07) is 7.55. The van der Waals surface area contributed by atoms with Gasteiger partial charge in [-0.15, -0.1) is 12.4 Å². The maximum atomic E-state index is 11.9. The van der Waals surface area contributed by atoms with Gasteiger partial charge >= 0.3 is 0 Å². The average Bonchev–Trinajstić information content (AvgIpc) is 3.20. The summed E-state index contributed by atoms with van der Waals surface area (Å²) in [5, 5.41) is 2.88. The van der Waals surface area contributed by atoms with Crippen molar-refractivity contribution in [3.05, 3.63) is 35.4 Å². The molecule has 1 saturated carbocycles. The van der Waals surface area contributed by atoms with Gasteiger partial charge in [-0.3, -0.25) is 4.79 Å². The number of carbonyl (C=O) groups is 1. The molecule has 5 heteroatoms. The van der Waals surface area contributed by atoms with E-state index in [1.807, 2.05) is 18.2 Å². The first kappa shape index (κ1) is 16.0. The van der Waals surface area contributed by atoms with Gasteiger partial charge in [0.05, 0.1) is 6.61 Å². The molecule has 1 aliphatic rings. The smallest absolute Gasteiger partial charge is 0.251 e. The zero-order chi connectivity index (χ0) is 13.0. The minimum absolute atomic E-state index is 0. The molecule has 1 unspecified atom stereocenters. The Labute approximate surface area is 120 Å². The quantitative estimate of drug-likeness (QED) is 0.836. The molecule has 2 rings (SSSR count). The van der Waals surface area contributed by atoms with Gasteiger partial charge in [-0.25, -0.2) is 0 Å². The van der Waals surface area contributed by atoms with E-state index in [0.717, 1.165) is 5.56 Å². The molecule has 3 N–H and O–H groups in total. The van der Waals surface area contributed by atoms with Crippen molar-refractivity contribution >= 4 is 18.3 Å². The van der Waals surface area contributed by atoms with Gasteiger partial charge in [0.25, 0.3) is 5.91 Å². The van der Waals surface area contributed by atoms with E-state index in [0.29, 0.717) is 24.6 Å². The van der Waals surface area contributed by atoms with Gasteiger partial charge in [0.1, 0.15) is 0 Å². The summed E-state index contributed by atoms with van der Waals surface area (Å²) in [5.41, 5.74) is 7.60. The molecule has 1 atom stereocenters. The summed E-state index contributed by atoms with van der Waals surface area (Å²) < 4.78 is 5.05. The lowest BCUT2D eigenvalue weighted by molar-refractivity contribution is 0.0950. The van der Waals surface area contributed by atoms with E-state index in [1.54, 1.807) is 13.2 Å². The first-order valence-corrected chi connectivity index (χ1v) is 6.32. The molecule has 0 aromatic heterocycles. The van der Waals surface area contributed by atoms with Crippen LogP contribution in [0.25, 0.3) is 0 Å². The van der Waals surface area contributed by atoms with Crippen molar-refractivity contribution in [2.75, 3.05) is 13.7 Å². The summed E-state index contributed by atoms with van der Waals surface area (Å²) in [6.07, 6.45) is 2.39. The van der Waals surface area contributed by atoms with Crippen LogP contribution >= 0.6 is 12.4 Å². The summed E-state index contributed by atoms with van der Waals surface area (Å²) in [7, 11) is 1.64. The fraction of sp³-hybridized carbons (Fsp3) is 0.500. The van der Waals surface area contributed by atoms with Crippen molar-refractivity contribution in [2.24, 2.45) is 11.7 Å². The standard InChI is InChI=1S/C14H20N2O2.ClH/c1-18-9-10-3-2-4-12(7-10)14(17)16-8-13(15)11-5-6-11;/h2-4,7,11,13H,5-6,8-9,15H2,1H3,(H,16,17);1H. The molecule has 0 bridgehead atoms. The molecule has 1 aromatic rings. The van der Waals surface area contributed by atoms with E-state index in [1.165, 1.54) is 12.8 Å². The van der Waals surface area contributed by atoms with Crippen LogP contribution in [-0.4, -0.2) is 25.6 Å². The highest BCUT2D eigenvalue weighted by atomic mass is 35.5. The number of nitrogens with one attached hydrogen (secondary N) is 1. The summed E-state index contributed by atoms with van der Waals surface area (Å²) in [5.74, 6) is 0.536. The highest BCUT2D eigenvalue weighted by Crippen LogP contribution is 2.31. The van der Waals surface area contributed by atoms with Crippen molar-refractivity contribution in [1.29, 1.82) is 0 Å². The topological polar surface area (TPSA) is 64.3 Å². The Morgan fingerprint density at radius 3 is 2.89 bits per heavy atom. The molecule has 1 fully saturated rings. The molecule has 0 saturated heterocycles. The second-order valence-corrected chi connectivity index (χ2v) is 4.84. The number of hydrogen-bond donors (Lipinski definition) is 2. The van der Waals surface area contributed by atoms with Crippen molar-refractivity contribution < 1.29 is 9.53 Å². The highest BCUT2D eigenvalue weighted by molar-refractivity contribution is 5.94. The Hall–Kier alpha value is -1.10. The molecular weight excluding hydrogens is 264 g/mol. The monoisotopic (exact) mass is 284 g/mol. The number of rotatable bonds is 6. The predicted octanol–water partition coefficient (Wildman–Crippen LogP) is 1.72. The first-order valence-electron chi connectivity index (χ1n) is 6.32. The Kier molecular flexibility index (Phi) is 6.28. The van der Waals surface area contributed by atoms with Crippen molar-refractivity contribution in [3.8, 4) is 0 Å². The van der Waals surface area contributed by atoms with E-state index in [9.17, 15) is 4.79 Å². The molecule has 1 aliphatic carbocycles. The zero-order valence-electron chi connectivity index (χ0n) is 11.1. The third kappa shape index (κ3) is 4.82. The van der Waals surface area contributed by atoms with Crippen LogP contribution in [0.3, 0.4) is 0 Å². The maximum Gasteiger partial charge on any atom is 0.251 e. The van der Waals surface area contributed by atoms with Gasteiger partial charge in [0.2, 0.25) is 0 Å². The molecule has 4 nitrogen and oxygen atoms in total. The molecule has 0 heterocycles. The minimum Gasteiger partial charge on any atom is -0.380 e. The lowest BCUT2D eigenvalue weighted by Crippen LogP contribution is -2.38. The number of ether oxygens (including phenoxy) is 1. The Balaban J connectivity index is 0.00000180. The summed E-state index contributed by atoms with van der Waals surface area (Å²) >= 11 is 0. The van der Waals surface area contributed by atoms with Gasteiger partial charge in [0, 0.05) is 25.3 Å². The molecule has 0 spiro atoms. The number of nitrogens with two attached hydrogens (primary N) is 1. The third-order valence-electron chi connectivity index (χ3n) is 3.23. The lowest BCUT2D eigenvalue weighted by atomic mass is 10.1. The molecule has 0 radical (unpaired) electrons. The third-order valence-corrected chi connectivity index (χ3v) is 3.23. The Morgan fingerprint density at radius 1 is 1.53 bits per heavy atom. The Bertz CT molecular complexity index is 422. The molecule has 1 aromatic carbocycles. The fourth-order valence-corrected chi connectivity index (χ4v) is 1.97. The van der Waals surface area contributed by atoms with Crippen LogP contribution < -0.4 is 11.1 Å². The van der Waals surface area contributed by atoms with Crippen LogP contribution in [-0.2, 0) is 11.3 Å². The number of halogens is 1. The largest absolute Gasteiger partial charge is 0.380 e. The van der Waals surface area contributed by atoms with Gasteiger partial charge in [-0.2, -0.15) is 0 Å². The summed E-state index contributed by atoms with van der Waals surface area (Å²) in [4.78, 5) is 11.9. The van der Waals surface area contributed by atoms with Crippen LogP contribution in [0.4, 0.5) is 0 Å². The van der Waals surface area contributed by atoms with Crippen LogP contribution in [0.1, 0.15) is 28.8 Å². The minimum atomic E-state index is -0.0657. The number of amides is 1. The number of carbonyl (C=O) groups excluding carboxylic acids is 1. The predicted molar refractivity (Wildman–Crippen MR) is 77.4 cm³/mol. The lowest BCUT2D eigenvalue weighted by Gasteiger charge is -2.12. The van der Waals surface area contributed by atoms with Gasteiger partial charge in [-0.1, -0.05) is 12.1 Å².